The van der Waals surface area contributed by atoms with Crippen LogP contribution in [0.25, 0.3) is 11.0 Å². The van der Waals surface area contributed by atoms with Crippen molar-refractivity contribution in [2.45, 2.75) is 33.6 Å². The molecule has 2 aromatic rings. The molecule has 0 spiro atoms. The van der Waals surface area contributed by atoms with Crippen LogP contribution < -0.4 is 0 Å². The molecule has 0 aliphatic rings. The van der Waals surface area contributed by atoms with Crippen LogP contribution in [0.2, 0.25) is 10.0 Å². The van der Waals surface area contributed by atoms with Crippen LogP contribution in [0.3, 0.4) is 0 Å². The molecule has 0 bridgehead atoms. The number of benzene rings is 1. The molecule has 0 unspecified atom stereocenters. The number of fused-ring (bicyclic) bond motifs is 1. The van der Waals surface area contributed by atoms with Gasteiger partial charge in [0.1, 0.15) is 5.82 Å². The number of aromatic nitrogens is 2. The van der Waals surface area contributed by atoms with Crippen molar-refractivity contribution in [3.63, 3.8) is 0 Å². The molecule has 2 rings (SSSR count). The van der Waals surface area contributed by atoms with Gasteiger partial charge in [-0.2, -0.15) is 0 Å². The molecule has 0 fully saturated rings. The Balaban J connectivity index is 2.26. The van der Waals surface area contributed by atoms with Crippen LogP contribution >= 0.6 is 23.2 Å². The van der Waals surface area contributed by atoms with Crippen LogP contribution in [0.4, 0.5) is 0 Å². The molecule has 1 N–H and O–H groups in total. The van der Waals surface area contributed by atoms with Gasteiger partial charge < -0.3 is 4.98 Å². The Morgan fingerprint density at radius 3 is 2.47 bits per heavy atom. The second kappa shape index (κ2) is 4.51. The largest absolute Gasteiger partial charge is 0.342 e. The van der Waals surface area contributed by atoms with E-state index in [0.717, 1.165) is 29.7 Å². The highest BCUT2D eigenvalue weighted by molar-refractivity contribution is 6.42. The van der Waals surface area contributed by atoms with E-state index in [9.17, 15) is 0 Å². The predicted molar refractivity (Wildman–Crippen MR) is 73.9 cm³/mol. The molecule has 4 heteroatoms. The molecule has 92 valence electrons. The van der Waals surface area contributed by atoms with Crippen molar-refractivity contribution in [3.8, 4) is 0 Å². The zero-order chi connectivity index (χ0) is 12.6. The minimum absolute atomic E-state index is 0.314. The zero-order valence-electron chi connectivity index (χ0n) is 10.3. The fourth-order valence-corrected chi connectivity index (χ4v) is 1.99. The maximum atomic E-state index is 5.97. The molecule has 0 amide bonds. The number of nitrogens with zero attached hydrogens (tertiary/aromatic N) is 1. The minimum Gasteiger partial charge on any atom is -0.342 e. The van der Waals surface area contributed by atoms with E-state index < -0.39 is 0 Å². The number of hydrogen-bond acceptors (Lipinski definition) is 1. The highest BCUT2D eigenvalue weighted by Crippen LogP contribution is 2.27. The SMILES string of the molecule is CC(C)(C)CCc1nc2cc(Cl)c(Cl)cc2[nH]1. The highest BCUT2D eigenvalue weighted by Gasteiger charge is 2.12. The Morgan fingerprint density at radius 2 is 1.82 bits per heavy atom. The standard InChI is InChI=1S/C13H16Cl2N2/c1-13(2,3)5-4-12-16-10-6-8(14)9(15)7-11(10)17-12/h6-7H,4-5H2,1-3H3,(H,16,17). The first-order valence-corrected chi connectivity index (χ1v) is 6.44. The lowest BCUT2D eigenvalue weighted by Gasteiger charge is -2.16. The average Bonchev–Trinajstić information content (AvgIpc) is 2.57. The number of nitrogens with one attached hydrogen (secondary N) is 1. The fourth-order valence-electron chi connectivity index (χ4n) is 1.67. The second-order valence-electron chi connectivity index (χ2n) is 5.53. The van der Waals surface area contributed by atoms with Crippen molar-refractivity contribution < 1.29 is 0 Å². The Morgan fingerprint density at radius 1 is 1.18 bits per heavy atom. The van der Waals surface area contributed by atoms with E-state index in [4.69, 9.17) is 23.2 Å². The molecule has 0 aliphatic carbocycles. The quantitative estimate of drug-likeness (QED) is 0.831. The Labute approximate surface area is 111 Å². The Kier molecular flexibility index (Phi) is 3.37. The summed E-state index contributed by atoms with van der Waals surface area (Å²) >= 11 is 11.9. The normalized spacial score (nSPS) is 12.3. The van der Waals surface area contributed by atoms with E-state index in [2.05, 4.69) is 30.7 Å². The maximum Gasteiger partial charge on any atom is 0.107 e. The van der Waals surface area contributed by atoms with Gasteiger partial charge in [0, 0.05) is 6.42 Å². The van der Waals surface area contributed by atoms with Crippen molar-refractivity contribution in [3.05, 3.63) is 28.0 Å². The van der Waals surface area contributed by atoms with Gasteiger partial charge in [-0.15, -0.1) is 0 Å². The first kappa shape index (κ1) is 12.7. The molecule has 1 heterocycles. The topological polar surface area (TPSA) is 28.7 Å². The molecule has 2 nitrogen and oxygen atoms in total. The third-order valence-electron chi connectivity index (χ3n) is 2.68. The fraction of sp³-hybridized carbons (Fsp3) is 0.462. The van der Waals surface area contributed by atoms with Crippen molar-refractivity contribution in [1.82, 2.24) is 9.97 Å². The molecular formula is C13H16Cl2N2. The molecule has 1 aromatic carbocycles. The van der Waals surface area contributed by atoms with Crippen LogP contribution in [-0.4, -0.2) is 9.97 Å². The van der Waals surface area contributed by atoms with Gasteiger partial charge in [0.2, 0.25) is 0 Å². The second-order valence-corrected chi connectivity index (χ2v) is 6.34. The summed E-state index contributed by atoms with van der Waals surface area (Å²) in [5.74, 6) is 0.994. The maximum absolute atomic E-state index is 5.97. The van der Waals surface area contributed by atoms with E-state index in [0.29, 0.717) is 15.5 Å². The van der Waals surface area contributed by atoms with Crippen molar-refractivity contribution >= 4 is 34.2 Å². The number of rotatable bonds is 2. The van der Waals surface area contributed by atoms with Gasteiger partial charge in [0.05, 0.1) is 21.1 Å². The van der Waals surface area contributed by atoms with Gasteiger partial charge in [-0.05, 0) is 24.0 Å². The minimum atomic E-state index is 0.314. The van der Waals surface area contributed by atoms with Gasteiger partial charge in [0.25, 0.3) is 0 Å². The first-order chi connectivity index (χ1) is 7.85. The summed E-state index contributed by atoms with van der Waals surface area (Å²) < 4.78 is 0. The average molecular weight is 271 g/mol. The van der Waals surface area contributed by atoms with Crippen LogP contribution in [-0.2, 0) is 6.42 Å². The summed E-state index contributed by atoms with van der Waals surface area (Å²) in [5, 5.41) is 1.11. The van der Waals surface area contributed by atoms with E-state index in [1.54, 1.807) is 6.07 Å². The molecule has 17 heavy (non-hydrogen) atoms. The summed E-state index contributed by atoms with van der Waals surface area (Å²) in [4.78, 5) is 7.80. The van der Waals surface area contributed by atoms with E-state index >= 15 is 0 Å². The number of halogens is 2. The zero-order valence-corrected chi connectivity index (χ0v) is 11.8. The van der Waals surface area contributed by atoms with Gasteiger partial charge in [-0.1, -0.05) is 44.0 Å². The lowest BCUT2D eigenvalue weighted by molar-refractivity contribution is 0.375. The molecule has 0 atom stereocenters. The summed E-state index contributed by atoms with van der Waals surface area (Å²) in [5.41, 5.74) is 2.14. The highest BCUT2D eigenvalue weighted by atomic mass is 35.5. The van der Waals surface area contributed by atoms with Crippen LogP contribution in [0.5, 0.6) is 0 Å². The predicted octanol–water partition coefficient (Wildman–Crippen LogP) is 4.85. The summed E-state index contributed by atoms with van der Waals surface area (Å²) in [7, 11) is 0. The number of aryl methyl sites for hydroxylation is 1. The van der Waals surface area contributed by atoms with Crippen LogP contribution in [0.1, 0.15) is 33.0 Å². The van der Waals surface area contributed by atoms with Crippen molar-refractivity contribution in [2.24, 2.45) is 5.41 Å². The van der Waals surface area contributed by atoms with Crippen LogP contribution in [0, 0.1) is 5.41 Å². The Bertz CT molecular complexity index is 499. The molecular weight excluding hydrogens is 255 g/mol. The molecule has 0 saturated carbocycles. The smallest absolute Gasteiger partial charge is 0.107 e. The van der Waals surface area contributed by atoms with E-state index in [1.807, 2.05) is 6.07 Å². The van der Waals surface area contributed by atoms with E-state index in [-0.39, 0.29) is 0 Å². The number of H-pyrrole nitrogens is 1. The summed E-state index contributed by atoms with van der Waals surface area (Å²) in [6, 6.07) is 3.63. The molecule has 1 aromatic heterocycles. The van der Waals surface area contributed by atoms with Crippen molar-refractivity contribution in [1.29, 1.82) is 0 Å². The molecule has 0 saturated heterocycles. The Hall–Kier alpha value is -0.730. The monoisotopic (exact) mass is 270 g/mol. The summed E-state index contributed by atoms with van der Waals surface area (Å²) in [6.07, 6.45) is 2.03. The van der Waals surface area contributed by atoms with Crippen molar-refractivity contribution in [2.75, 3.05) is 0 Å². The van der Waals surface area contributed by atoms with E-state index in [1.165, 1.54) is 0 Å². The first-order valence-electron chi connectivity index (χ1n) is 5.69. The number of imidazole rings is 1. The van der Waals surface area contributed by atoms with Gasteiger partial charge in [0.15, 0.2) is 0 Å². The van der Waals surface area contributed by atoms with Gasteiger partial charge in [-0.25, -0.2) is 4.98 Å². The number of aromatic amines is 1. The third kappa shape index (κ3) is 3.14. The molecule has 0 radical (unpaired) electrons. The molecule has 0 aliphatic heterocycles. The summed E-state index contributed by atoms with van der Waals surface area (Å²) in [6.45, 7) is 6.68. The lowest BCUT2D eigenvalue weighted by Crippen LogP contribution is -2.06. The lowest BCUT2D eigenvalue weighted by atomic mass is 9.90. The van der Waals surface area contributed by atoms with Gasteiger partial charge >= 0.3 is 0 Å². The third-order valence-corrected chi connectivity index (χ3v) is 3.41. The van der Waals surface area contributed by atoms with Gasteiger partial charge in [-0.3, -0.25) is 0 Å². The van der Waals surface area contributed by atoms with Crippen LogP contribution in [0.15, 0.2) is 12.1 Å². The number of hydrogen-bond donors (Lipinski definition) is 1.